The molecule has 1 aromatic rings. The maximum absolute atomic E-state index is 12.5. The van der Waals surface area contributed by atoms with Crippen LogP contribution in [0.4, 0.5) is 5.69 Å². The van der Waals surface area contributed by atoms with E-state index in [1.54, 1.807) is 41.5 Å². The van der Waals surface area contributed by atoms with Crippen molar-refractivity contribution in [3.05, 3.63) is 29.3 Å². The predicted octanol–water partition coefficient (Wildman–Crippen LogP) is 3.48. The third-order valence-corrected chi connectivity index (χ3v) is 3.02. The Hall–Kier alpha value is -2.57. The number of hydrogen-bond donors (Lipinski definition) is 2. The van der Waals surface area contributed by atoms with Gasteiger partial charge >= 0.3 is 17.9 Å². The van der Waals surface area contributed by atoms with Crippen molar-refractivity contribution in [2.75, 3.05) is 5.32 Å². The molecule has 7 nitrogen and oxygen atoms in total. The average molecular weight is 365 g/mol. The molecule has 0 radical (unpaired) electrons. The highest BCUT2D eigenvalue weighted by molar-refractivity contribution is 6.00. The van der Waals surface area contributed by atoms with Gasteiger partial charge in [-0.2, -0.15) is 0 Å². The molecule has 0 spiro atoms. The molecule has 0 saturated heterocycles. The van der Waals surface area contributed by atoms with E-state index in [1.165, 1.54) is 25.1 Å². The van der Waals surface area contributed by atoms with Gasteiger partial charge in [-0.05, 0) is 66.7 Å². The Kier molecular flexibility index (Phi) is 6.41. The zero-order valence-corrected chi connectivity index (χ0v) is 16.3. The van der Waals surface area contributed by atoms with Crippen molar-refractivity contribution >= 4 is 23.6 Å². The van der Waals surface area contributed by atoms with Gasteiger partial charge in [0, 0.05) is 5.69 Å². The van der Waals surface area contributed by atoms with Crippen molar-refractivity contribution in [2.24, 2.45) is 0 Å². The molecule has 0 fully saturated rings. The van der Waals surface area contributed by atoms with Gasteiger partial charge in [0.25, 0.3) is 0 Å². The summed E-state index contributed by atoms with van der Waals surface area (Å²) in [5, 5.41) is 11.8. The molecule has 0 unspecified atom stereocenters. The van der Waals surface area contributed by atoms with Gasteiger partial charge in [-0.15, -0.1) is 0 Å². The van der Waals surface area contributed by atoms with Gasteiger partial charge in [-0.25, -0.2) is 9.59 Å². The molecule has 0 aromatic heterocycles. The van der Waals surface area contributed by atoms with E-state index in [4.69, 9.17) is 14.6 Å². The maximum Gasteiger partial charge on any atom is 0.340 e. The Labute approximate surface area is 153 Å². The molecule has 7 heteroatoms. The summed E-state index contributed by atoms with van der Waals surface area (Å²) < 4.78 is 10.7. The summed E-state index contributed by atoms with van der Waals surface area (Å²) in [4.78, 5) is 35.9. The lowest BCUT2D eigenvalue weighted by Crippen LogP contribution is -2.29. The Balaban J connectivity index is 3.28. The minimum atomic E-state index is -1.07. The Morgan fingerprint density at radius 1 is 0.962 bits per heavy atom. The molecule has 0 heterocycles. The number of carboxylic acids is 1. The Bertz CT molecular complexity index is 697. The number of carbonyl (C=O) groups is 3. The van der Waals surface area contributed by atoms with E-state index >= 15 is 0 Å². The highest BCUT2D eigenvalue weighted by Gasteiger charge is 2.25. The molecule has 0 aliphatic heterocycles. The van der Waals surface area contributed by atoms with Gasteiger partial charge < -0.3 is 19.9 Å². The van der Waals surface area contributed by atoms with Crippen molar-refractivity contribution in [1.29, 1.82) is 0 Å². The van der Waals surface area contributed by atoms with E-state index in [2.05, 4.69) is 5.32 Å². The minimum Gasteiger partial charge on any atom is -0.480 e. The molecule has 1 rings (SSSR count). The van der Waals surface area contributed by atoms with Crippen LogP contribution in [0.25, 0.3) is 0 Å². The van der Waals surface area contributed by atoms with E-state index in [9.17, 15) is 14.4 Å². The predicted molar refractivity (Wildman–Crippen MR) is 97.5 cm³/mol. The Morgan fingerprint density at radius 3 is 1.92 bits per heavy atom. The van der Waals surface area contributed by atoms with E-state index in [0.717, 1.165) is 0 Å². The van der Waals surface area contributed by atoms with Gasteiger partial charge in [-0.3, -0.25) is 4.79 Å². The first kappa shape index (κ1) is 21.5. The van der Waals surface area contributed by atoms with E-state index < -0.39 is 35.2 Å². The van der Waals surface area contributed by atoms with Crippen LogP contribution >= 0.6 is 0 Å². The number of anilines is 1. The third-order valence-electron chi connectivity index (χ3n) is 3.02. The average Bonchev–Trinajstić information content (AvgIpc) is 2.43. The summed E-state index contributed by atoms with van der Waals surface area (Å²) in [5.41, 5.74) is -0.917. The zero-order valence-electron chi connectivity index (χ0n) is 16.3. The first-order valence-electron chi connectivity index (χ1n) is 8.30. The van der Waals surface area contributed by atoms with Crippen LogP contribution in [-0.2, 0) is 14.3 Å². The Morgan fingerprint density at radius 2 is 1.46 bits per heavy atom. The molecular weight excluding hydrogens is 338 g/mol. The molecule has 26 heavy (non-hydrogen) atoms. The van der Waals surface area contributed by atoms with Crippen molar-refractivity contribution < 1.29 is 29.0 Å². The molecule has 2 N–H and O–H groups in total. The van der Waals surface area contributed by atoms with Gasteiger partial charge in [0.1, 0.15) is 17.2 Å². The van der Waals surface area contributed by atoms with Crippen molar-refractivity contribution in [2.45, 2.75) is 65.7 Å². The normalized spacial score (nSPS) is 12.9. The summed E-state index contributed by atoms with van der Waals surface area (Å²) in [6, 6.07) is 3.36. The van der Waals surface area contributed by atoms with Crippen LogP contribution in [0.2, 0.25) is 0 Å². The molecule has 1 atom stereocenters. The lowest BCUT2D eigenvalue weighted by atomic mass is 10.1. The summed E-state index contributed by atoms with van der Waals surface area (Å²) in [7, 11) is 0. The largest absolute Gasteiger partial charge is 0.480 e. The number of hydrogen-bond acceptors (Lipinski definition) is 6. The van der Waals surface area contributed by atoms with Crippen LogP contribution in [0.3, 0.4) is 0 Å². The number of benzene rings is 1. The molecule has 0 aliphatic rings. The van der Waals surface area contributed by atoms with Gasteiger partial charge in [0.2, 0.25) is 0 Å². The highest BCUT2D eigenvalue weighted by atomic mass is 16.6. The third kappa shape index (κ3) is 6.74. The van der Waals surface area contributed by atoms with Crippen LogP contribution in [0, 0.1) is 0 Å². The monoisotopic (exact) mass is 365 g/mol. The molecule has 0 amide bonds. The number of carboxylic acid groups (broad SMARTS) is 1. The topological polar surface area (TPSA) is 102 Å². The standard InChI is InChI=1S/C19H27NO6/c1-11(15(21)22)20-14-9-8-12(16(23)25-18(2,3)4)10-13(14)17(24)26-19(5,6)7/h8-11,20H,1-7H3,(H,21,22)/t11-/m0/s1. The highest BCUT2D eigenvalue weighted by Crippen LogP contribution is 2.23. The van der Waals surface area contributed by atoms with Crippen molar-refractivity contribution in [1.82, 2.24) is 0 Å². The molecule has 0 saturated carbocycles. The molecule has 0 bridgehead atoms. The molecular formula is C19H27NO6. The summed E-state index contributed by atoms with van der Waals surface area (Å²) in [5.74, 6) is -2.32. The minimum absolute atomic E-state index is 0.0661. The first-order chi connectivity index (χ1) is 11.7. The van der Waals surface area contributed by atoms with Gasteiger partial charge in [0.05, 0.1) is 11.1 Å². The number of aliphatic carboxylic acids is 1. The zero-order chi connectivity index (χ0) is 20.3. The summed E-state index contributed by atoms with van der Waals surface area (Å²) >= 11 is 0. The second-order valence-electron chi connectivity index (χ2n) is 7.97. The number of esters is 2. The number of ether oxygens (including phenoxy) is 2. The van der Waals surface area contributed by atoms with Crippen LogP contribution < -0.4 is 5.32 Å². The maximum atomic E-state index is 12.5. The molecule has 1 aromatic carbocycles. The van der Waals surface area contributed by atoms with Crippen LogP contribution in [0.15, 0.2) is 18.2 Å². The smallest absolute Gasteiger partial charge is 0.340 e. The van der Waals surface area contributed by atoms with E-state index in [-0.39, 0.29) is 16.8 Å². The van der Waals surface area contributed by atoms with Gasteiger partial charge in [-0.1, -0.05) is 0 Å². The first-order valence-corrected chi connectivity index (χ1v) is 8.30. The second kappa shape index (κ2) is 7.76. The summed E-state index contributed by atoms with van der Waals surface area (Å²) in [6.45, 7) is 11.8. The number of nitrogens with one attached hydrogen (secondary N) is 1. The van der Waals surface area contributed by atoms with E-state index in [0.29, 0.717) is 0 Å². The SMILES string of the molecule is C[C@H](Nc1ccc(C(=O)OC(C)(C)C)cc1C(=O)OC(C)(C)C)C(=O)O. The van der Waals surface area contributed by atoms with Crippen molar-refractivity contribution in [3.63, 3.8) is 0 Å². The molecule has 0 aliphatic carbocycles. The summed E-state index contributed by atoms with van der Waals surface area (Å²) in [6.07, 6.45) is 0. The molecule has 144 valence electrons. The van der Waals surface area contributed by atoms with Crippen LogP contribution in [0.1, 0.15) is 69.2 Å². The number of rotatable bonds is 5. The fraction of sp³-hybridized carbons (Fsp3) is 0.526. The van der Waals surface area contributed by atoms with Crippen LogP contribution in [0.5, 0.6) is 0 Å². The van der Waals surface area contributed by atoms with Crippen molar-refractivity contribution in [3.8, 4) is 0 Å². The van der Waals surface area contributed by atoms with Gasteiger partial charge in [0.15, 0.2) is 0 Å². The van der Waals surface area contributed by atoms with E-state index in [1.807, 2.05) is 0 Å². The quantitative estimate of drug-likeness (QED) is 0.770. The lowest BCUT2D eigenvalue weighted by Gasteiger charge is -2.22. The lowest BCUT2D eigenvalue weighted by molar-refractivity contribution is -0.137. The number of carbonyl (C=O) groups excluding carboxylic acids is 2. The van der Waals surface area contributed by atoms with Crippen LogP contribution in [-0.4, -0.2) is 40.3 Å². The fourth-order valence-electron chi connectivity index (χ4n) is 1.93. The second-order valence-corrected chi connectivity index (χ2v) is 7.97. The fourth-order valence-corrected chi connectivity index (χ4v) is 1.93.